The van der Waals surface area contributed by atoms with Crippen molar-refractivity contribution in [3.63, 3.8) is 0 Å². The minimum Gasteiger partial charge on any atom is -0.480 e. The van der Waals surface area contributed by atoms with E-state index in [0.717, 1.165) is 25.2 Å². The number of esters is 1. The van der Waals surface area contributed by atoms with Gasteiger partial charge in [0.05, 0.1) is 29.7 Å². The van der Waals surface area contributed by atoms with Gasteiger partial charge < -0.3 is 18.9 Å². The van der Waals surface area contributed by atoms with E-state index in [-0.39, 0.29) is 54.6 Å². The van der Waals surface area contributed by atoms with Crippen molar-refractivity contribution in [2.24, 2.45) is 12.5 Å². The van der Waals surface area contributed by atoms with Crippen LogP contribution < -0.4 is 9.64 Å². The van der Waals surface area contributed by atoms with E-state index in [9.17, 15) is 28.1 Å². The number of halogens is 3. The summed E-state index contributed by atoms with van der Waals surface area (Å²) in [5, 5.41) is 12.3. The summed E-state index contributed by atoms with van der Waals surface area (Å²) in [5.74, 6) is 0.233. The lowest BCUT2D eigenvalue weighted by atomic mass is 10.1. The van der Waals surface area contributed by atoms with Crippen LogP contribution in [-0.4, -0.2) is 60.6 Å². The predicted molar refractivity (Wildman–Crippen MR) is 161 cm³/mol. The smallest absolute Gasteiger partial charge is 0.434 e. The van der Waals surface area contributed by atoms with Crippen molar-refractivity contribution in [2.45, 2.75) is 51.2 Å². The van der Waals surface area contributed by atoms with Crippen LogP contribution in [0.4, 0.5) is 24.7 Å². The third-order valence-corrected chi connectivity index (χ3v) is 8.28. The van der Waals surface area contributed by atoms with Crippen LogP contribution in [0.5, 0.6) is 5.88 Å². The number of methoxy groups -OCH3 is 1. The quantitative estimate of drug-likeness (QED) is 0.108. The second-order valence-corrected chi connectivity index (χ2v) is 11.7. The van der Waals surface area contributed by atoms with Gasteiger partial charge in [0.15, 0.2) is 11.5 Å². The number of nitro groups is 1. The number of aryl methyl sites for hydroxylation is 1. The van der Waals surface area contributed by atoms with E-state index in [4.69, 9.17) is 14.5 Å². The van der Waals surface area contributed by atoms with Gasteiger partial charge in [0, 0.05) is 37.8 Å². The van der Waals surface area contributed by atoms with E-state index < -0.39 is 28.2 Å². The van der Waals surface area contributed by atoms with Crippen LogP contribution >= 0.6 is 0 Å². The summed E-state index contributed by atoms with van der Waals surface area (Å²) in [6.07, 6.45) is 1.72. The average Bonchev–Trinajstić information content (AvgIpc) is 3.98. The zero-order chi connectivity index (χ0) is 33.5. The lowest BCUT2D eigenvalue weighted by molar-refractivity contribution is -0.384. The molecule has 0 saturated heterocycles. The highest BCUT2D eigenvalue weighted by molar-refractivity contribution is 5.81. The fraction of sp³-hybridized carbons (Fsp3) is 0.419. The van der Waals surface area contributed by atoms with Crippen molar-refractivity contribution in [3.8, 4) is 28.7 Å². The molecule has 0 radical (unpaired) electrons. The zero-order valence-corrected chi connectivity index (χ0v) is 25.8. The van der Waals surface area contributed by atoms with E-state index in [2.05, 4.69) is 19.9 Å². The summed E-state index contributed by atoms with van der Waals surface area (Å²) in [5.41, 5.74) is -0.0277. The molecule has 0 N–H and O–H groups in total. The molecule has 246 valence electrons. The third-order valence-electron chi connectivity index (χ3n) is 8.28. The van der Waals surface area contributed by atoms with E-state index in [0.29, 0.717) is 35.2 Å². The number of hydrogen-bond acceptors (Lipinski definition) is 11. The molecule has 3 aromatic heterocycles. The number of hydrogen-bond donors (Lipinski definition) is 0. The number of anilines is 1. The molecule has 0 atom stereocenters. The maximum absolute atomic E-state index is 13.3. The summed E-state index contributed by atoms with van der Waals surface area (Å²) in [7, 11) is 2.93. The van der Waals surface area contributed by atoms with Gasteiger partial charge in [-0.25, -0.2) is 24.9 Å². The van der Waals surface area contributed by atoms with Crippen LogP contribution in [0, 0.1) is 15.5 Å². The summed E-state index contributed by atoms with van der Waals surface area (Å²) in [4.78, 5) is 47.9. The number of carbonyl (C=O) groups excluding carboxylic acids is 1. The van der Waals surface area contributed by atoms with Crippen LogP contribution in [0.1, 0.15) is 55.5 Å². The molecule has 47 heavy (non-hydrogen) atoms. The Morgan fingerprint density at radius 1 is 1.15 bits per heavy atom. The van der Waals surface area contributed by atoms with Gasteiger partial charge in [-0.15, -0.1) is 0 Å². The Hall–Kier alpha value is -5.15. The molecular formula is C31H31F3N8O5. The largest absolute Gasteiger partial charge is 0.480 e. The van der Waals surface area contributed by atoms with Gasteiger partial charge in [0.2, 0.25) is 11.7 Å². The van der Waals surface area contributed by atoms with E-state index >= 15 is 0 Å². The molecule has 0 spiro atoms. The standard InChI is InChI=1S/C31H31F3N8O5/c1-4-47-29(43)30(11-12-30)16-41(14-18-5-7-20(8-6-18)26-38-22(15-40(26)2)31(32,33)34)27-21(42(44)45)13-35-25(39-27)23-24(19-9-10-19)36-17-37-28(23)46-3/h5-8,13,15,17,19H,4,9-12,14,16H2,1-3H3. The van der Waals surface area contributed by atoms with Crippen LogP contribution in [0.15, 0.2) is 43.0 Å². The number of rotatable bonds is 12. The molecule has 16 heteroatoms. The Kier molecular flexibility index (Phi) is 8.27. The Balaban J connectivity index is 1.41. The minimum absolute atomic E-state index is 0.0220. The van der Waals surface area contributed by atoms with Crippen molar-refractivity contribution in [3.05, 3.63) is 70.1 Å². The molecule has 4 aromatic rings. The Bertz CT molecular complexity index is 1820. The first kappa shape index (κ1) is 31.8. The third kappa shape index (κ3) is 6.44. The molecule has 13 nitrogen and oxygen atoms in total. The van der Waals surface area contributed by atoms with E-state index in [1.807, 2.05) is 0 Å². The molecule has 1 aromatic carbocycles. The zero-order valence-electron chi connectivity index (χ0n) is 25.8. The molecule has 0 bridgehead atoms. The monoisotopic (exact) mass is 652 g/mol. The molecule has 2 fully saturated rings. The van der Waals surface area contributed by atoms with Crippen molar-refractivity contribution < 1.29 is 32.4 Å². The molecule has 0 amide bonds. The van der Waals surface area contributed by atoms with Crippen LogP contribution in [0.3, 0.4) is 0 Å². The molecule has 2 aliphatic rings. The maximum atomic E-state index is 13.3. The van der Waals surface area contributed by atoms with Crippen molar-refractivity contribution >= 4 is 17.5 Å². The maximum Gasteiger partial charge on any atom is 0.434 e. The molecule has 0 aliphatic heterocycles. The van der Waals surface area contributed by atoms with Crippen LogP contribution in [0.2, 0.25) is 0 Å². The summed E-state index contributed by atoms with van der Waals surface area (Å²) in [6, 6.07) is 6.65. The first-order valence-electron chi connectivity index (χ1n) is 15.0. The van der Waals surface area contributed by atoms with Crippen molar-refractivity contribution in [2.75, 3.05) is 25.2 Å². The SMILES string of the molecule is CCOC(=O)C1(CN(Cc2ccc(-c3nc(C(F)(F)F)cn3C)cc2)c2nc(-c3c(OC)ncnc3C3CC3)ncc2[N+](=O)[O-])CC1. The fourth-order valence-corrected chi connectivity index (χ4v) is 5.55. The molecule has 3 heterocycles. The second-order valence-electron chi connectivity index (χ2n) is 11.7. The van der Waals surface area contributed by atoms with Gasteiger partial charge in [-0.3, -0.25) is 14.9 Å². The lowest BCUT2D eigenvalue weighted by Gasteiger charge is -2.28. The van der Waals surface area contributed by atoms with E-state index in [1.165, 1.54) is 25.1 Å². The van der Waals surface area contributed by atoms with Gasteiger partial charge in [-0.05, 0) is 38.2 Å². The number of carbonyl (C=O) groups is 1. The summed E-state index contributed by atoms with van der Waals surface area (Å²) >= 11 is 0. The molecule has 6 rings (SSSR count). The summed E-state index contributed by atoms with van der Waals surface area (Å²) < 4.78 is 51.9. The number of alkyl halides is 3. The molecular weight excluding hydrogens is 621 g/mol. The van der Waals surface area contributed by atoms with Crippen molar-refractivity contribution in [1.82, 2.24) is 29.5 Å². The normalized spacial score (nSPS) is 15.3. The first-order valence-corrected chi connectivity index (χ1v) is 15.0. The minimum atomic E-state index is -4.59. The van der Waals surface area contributed by atoms with Crippen LogP contribution in [-0.2, 0) is 29.3 Å². The first-order chi connectivity index (χ1) is 22.4. The summed E-state index contributed by atoms with van der Waals surface area (Å²) in [6.45, 7) is 2.03. The fourth-order valence-electron chi connectivity index (χ4n) is 5.55. The molecule has 0 unspecified atom stereocenters. The number of benzene rings is 1. The lowest BCUT2D eigenvalue weighted by Crippen LogP contribution is -2.36. The van der Waals surface area contributed by atoms with Gasteiger partial charge >= 0.3 is 17.8 Å². The highest BCUT2D eigenvalue weighted by atomic mass is 19.4. The Morgan fingerprint density at radius 3 is 2.45 bits per heavy atom. The van der Waals surface area contributed by atoms with Gasteiger partial charge in [0.25, 0.3) is 0 Å². The highest BCUT2D eigenvalue weighted by Crippen LogP contribution is 2.49. The van der Waals surface area contributed by atoms with Gasteiger partial charge in [-0.2, -0.15) is 13.2 Å². The second kappa shape index (κ2) is 12.2. The average molecular weight is 653 g/mol. The Morgan fingerprint density at radius 2 is 1.87 bits per heavy atom. The van der Waals surface area contributed by atoms with Crippen LogP contribution in [0.25, 0.3) is 22.8 Å². The highest BCUT2D eigenvalue weighted by Gasteiger charge is 2.53. The number of nitrogens with zero attached hydrogens (tertiary/aromatic N) is 8. The predicted octanol–water partition coefficient (Wildman–Crippen LogP) is 5.50. The van der Waals surface area contributed by atoms with Crippen molar-refractivity contribution in [1.29, 1.82) is 0 Å². The van der Waals surface area contributed by atoms with Gasteiger partial charge in [-0.1, -0.05) is 24.3 Å². The number of ether oxygens (including phenoxy) is 2. The Labute approximate surface area is 267 Å². The number of imidazole rings is 1. The number of aromatic nitrogens is 6. The van der Waals surface area contributed by atoms with Gasteiger partial charge in [0.1, 0.15) is 23.9 Å². The molecule has 2 saturated carbocycles. The topological polar surface area (TPSA) is 151 Å². The van der Waals surface area contributed by atoms with E-state index in [1.54, 1.807) is 36.1 Å². The molecule has 2 aliphatic carbocycles.